The number of aromatic carboxylic acids is 1. The highest BCUT2D eigenvalue weighted by atomic mass is 16.4. The first-order valence-electron chi connectivity index (χ1n) is 6.28. The molecule has 2 N–H and O–H groups in total. The number of benzene rings is 1. The molecule has 19 heavy (non-hydrogen) atoms. The van der Waals surface area contributed by atoms with Gasteiger partial charge in [0.1, 0.15) is 5.56 Å². The molecule has 0 aliphatic carbocycles. The van der Waals surface area contributed by atoms with Crippen molar-refractivity contribution >= 4 is 5.97 Å². The van der Waals surface area contributed by atoms with Crippen LogP contribution in [0.1, 0.15) is 27.2 Å². The van der Waals surface area contributed by atoms with Crippen molar-refractivity contribution in [3.05, 3.63) is 52.8 Å². The van der Waals surface area contributed by atoms with E-state index in [1.165, 1.54) is 17.3 Å². The van der Waals surface area contributed by atoms with Crippen molar-refractivity contribution in [1.82, 2.24) is 15.1 Å². The topological polar surface area (TPSA) is 69.2 Å². The fourth-order valence-corrected chi connectivity index (χ4v) is 2.53. The highest BCUT2D eigenvalue weighted by Crippen LogP contribution is 2.20. The maximum Gasteiger partial charge on any atom is 0.339 e. The van der Waals surface area contributed by atoms with Crippen LogP contribution in [-0.4, -0.2) is 32.7 Å². The van der Waals surface area contributed by atoms with Crippen LogP contribution >= 0.6 is 0 Å². The Balaban J connectivity index is 1.76. The molecule has 3 rings (SSSR count). The Morgan fingerprint density at radius 1 is 1.37 bits per heavy atom. The monoisotopic (exact) mass is 257 g/mol. The van der Waals surface area contributed by atoms with Crippen molar-refractivity contribution < 1.29 is 9.90 Å². The minimum atomic E-state index is -0.929. The zero-order valence-corrected chi connectivity index (χ0v) is 10.5. The number of carboxylic acids is 1. The van der Waals surface area contributed by atoms with Gasteiger partial charge in [-0.05, 0) is 17.5 Å². The van der Waals surface area contributed by atoms with E-state index < -0.39 is 5.97 Å². The average Bonchev–Trinajstić information content (AvgIpc) is 2.87. The van der Waals surface area contributed by atoms with E-state index in [1.807, 2.05) is 6.07 Å². The molecule has 0 unspecified atom stereocenters. The van der Waals surface area contributed by atoms with Gasteiger partial charge in [0.2, 0.25) is 0 Å². The molecule has 5 nitrogen and oxygen atoms in total. The number of H-pyrrole nitrogens is 1. The normalized spacial score (nSPS) is 15.2. The number of aromatic nitrogens is 2. The predicted octanol–water partition coefficient (Wildman–Crippen LogP) is 1.67. The number of fused-ring (bicyclic) bond motifs is 1. The Morgan fingerprint density at radius 2 is 2.16 bits per heavy atom. The van der Waals surface area contributed by atoms with Crippen LogP contribution < -0.4 is 0 Å². The predicted molar refractivity (Wildman–Crippen MR) is 69.8 cm³/mol. The summed E-state index contributed by atoms with van der Waals surface area (Å²) in [6.45, 7) is 2.39. The molecular weight excluding hydrogens is 242 g/mol. The van der Waals surface area contributed by atoms with Gasteiger partial charge >= 0.3 is 5.97 Å². The number of rotatable bonds is 3. The molecule has 0 radical (unpaired) electrons. The fourth-order valence-electron chi connectivity index (χ4n) is 2.53. The summed E-state index contributed by atoms with van der Waals surface area (Å²) in [5.74, 6) is -0.929. The van der Waals surface area contributed by atoms with Crippen LogP contribution in [0.4, 0.5) is 0 Å². The van der Waals surface area contributed by atoms with Gasteiger partial charge in [-0.3, -0.25) is 10.00 Å². The summed E-state index contributed by atoms with van der Waals surface area (Å²) in [7, 11) is 0. The molecular formula is C14H15N3O2. The van der Waals surface area contributed by atoms with Crippen LogP contribution in [0.3, 0.4) is 0 Å². The molecule has 1 aliphatic heterocycles. The van der Waals surface area contributed by atoms with Crippen molar-refractivity contribution in [1.29, 1.82) is 0 Å². The number of nitrogens with zero attached hydrogens (tertiary/aromatic N) is 2. The van der Waals surface area contributed by atoms with Crippen molar-refractivity contribution in [3.8, 4) is 0 Å². The van der Waals surface area contributed by atoms with E-state index in [1.54, 1.807) is 0 Å². The van der Waals surface area contributed by atoms with E-state index in [0.29, 0.717) is 12.2 Å². The van der Waals surface area contributed by atoms with E-state index in [-0.39, 0.29) is 5.56 Å². The van der Waals surface area contributed by atoms with Crippen LogP contribution in [0.25, 0.3) is 0 Å². The van der Waals surface area contributed by atoms with Crippen molar-refractivity contribution in [2.24, 2.45) is 0 Å². The fraction of sp³-hybridized carbons (Fsp3) is 0.286. The van der Waals surface area contributed by atoms with E-state index in [9.17, 15) is 4.79 Å². The van der Waals surface area contributed by atoms with Gasteiger partial charge in [-0.25, -0.2) is 4.79 Å². The molecule has 2 heterocycles. The van der Waals surface area contributed by atoms with E-state index >= 15 is 0 Å². The van der Waals surface area contributed by atoms with Gasteiger partial charge in [0, 0.05) is 19.6 Å². The summed E-state index contributed by atoms with van der Waals surface area (Å²) in [4.78, 5) is 13.3. The maximum atomic E-state index is 11.0. The van der Waals surface area contributed by atoms with Gasteiger partial charge < -0.3 is 5.11 Å². The number of nitrogens with one attached hydrogen (secondary N) is 1. The zero-order valence-electron chi connectivity index (χ0n) is 10.5. The number of carboxylic acid groups (broad SMARTS) is 1. The standard InChI is InChI=1S/C14H15N3O2/c18-14(19)12-7-15-16-13(12)9-17-6-5-10-3-1-2-4-11(10)8-17/h1-4,7H,5-6,8-9H2,(H,15,16)(H,18,19). The average molecular weight is 257 g/mol. The lowest BCUT2D eigenvalue weighted by Gasteiger charge is -2.28. The molecule has 0 atom stereocenters. The van der Waals surface area contributed by atoms with Crippen LogP contribution in [-0.2, 0) is 19.5 Å². The molecule has 0 spiro atoms. The quantitative estimate of drug-likeness (QED) is 0.877. The Bertz CT molecular complexity index is 606. The first-order valence-corrected chi connectivity index (χ1v) is 6.28. The Morgan fingerprint density at radius 3 is 2.95 bits per heavy atom. The summed E-state index contributed by atoms with van der Waals surface area (Å²) in [5.41, 5.74) is 3.65. The summed E-state index contributed by atoms with van der Waals surface area (Å²) in [6, 6.07) is 8.39. The molecule has 1 aromatic heterocycles. The van der Waals surface area contributed by atoms with Crippen LogP contribution in [0.15, 0.2) is 30.5 Å². The third-order valence-electron chi connectivity index (χ3n) is 3.54. The number of hydrogen-bond donors (Lipinski definition) is 2. The van der Waals surface area contributed by atoms with Gasteiger partial charge in [0.15, 0.2) is 0 Å². The first-order chi connectivity index (χ1) is 9.24. The minimum absolute atomic E-state index is 0.263. The zero-order chi connectivity index (χ0) is 13.2. The third kappa shape index (κ3) is 2.37. The lowest BCUT2D eigenvalue weighted by Crippen LogP contribution is -2.30. The highest BCUT2D eigenvalue weighted by molar-refractivity contribution is 5.88. The largest absolute Gasteiger partial charge is 0.478 e. The SMILES string of the molecule is O=C(O)c1cn[nH]c1CN1CCc2ccccc2C1. The molecule has 1 aliphatic rings. The van der Waals surface area contributed by atoms with Gasteiger partial charge in [0.05, 0.1) is 11.9 Å². The van der Waals surface area contributed by atoms with Crippen LogP contribution in [0.2, 0.25) is 0 Å². The van der Waals surface area contributed by atoms with Crippen LogP contribution in [0.5, 0.6) is 0 Å². The van der Waals surface area contributed by atoms with E-state index in [4.69, 9.17) is 5.11 Å². The third-order valence-corrected chi connectivity index (χ3v) is 3.54. The second kappa shape index (κ2) is 4.85. The van der Waals surface area contributed by atoms with Crippen molar-refractivity contribution in [3.63, 3.8) is 0 Å². The Kier molecular flexibility index (Phi) is 3.05. The summed E-state index contributed by atoms with van der Waals surface area (Å²) in [5, 5.41) is 15.7. The highest BCUT2D eigenvalue weighted by Gasteiger charge is 2.19. The van der Waals surface area contributed by atoms with E-state index in [0.717, 1.165) is 19.5 Å². The number of aromatic amines is 1. The molecule has 0 amide bonds. The van der Waals surface area contributed by atoms with Gasteiger partial charge in [-0.1, -0.05) is 24.3 Å². The molecule has 2 aromatic rings. The Hall–Kier alpha value is -2.14. The summed E-state index contributed by atoms with van der Waals surface area (Å²) < 4.78 is 0. The minimum Gasteiger partial charge on any atom is -0.478 e. The molecule has 0 saturated heterocycles. The molecule has 0 bridgehead atoms. The number of hydrogen-bond acceptors (Lipinski definition) is 3. The van der Waals surface area contributed by atoms with Gasteiger partial charge in [0.25, 0.3) is 0 Å². The van der Waals surface area contributed by atoms with E-state index in [2.05, 4.69) is 33.3 Å². The maximum absolute atomic E-state index is 11.0. The van der Waals surface area contributed by atoms with Crippen molar-refractivity contribution in [2.75, 3.05) is 6.54 Å². The lowest BCUT2D eigenvalue weighted by molar-refractivity contribution is 0.0694. The second-order valence-corrected chi connectivity index (χ2v) is 4.80. The van der Waals surface area contributed by atoms with Gasteiger partial charge in [-0.15, -0.1) is 0 Å². The van der Waals surface area contributed by atoms with Crippen LogP contribution in [0, 0.1) is 0 Å². The first kappa shape index (κ1) is 11.9. The Labute approximate surface area is 110 Å². The summed E-state index contributed by atoms with van der Waals surface area (Å²) >= 11 is 0. The summed E-state index contributed by atoms with van der Waals surface area (Å²) in [6.07, 6.45) is 2.38. The smallest absolute Gasteiger partial charge is 0.339 e. The molecule has 5 heteroatoms. The molecule has 98 valence electrons. The lowest BCUT2D eigenvalue weighted by atomic mass is 10.00. The molecule has 0 saturated carbocycles. The molecule has 0 fully saturated rings. The number of carbonyl (C=O) groups is 1. The molecule has 1 aromatic carbocycles. The van der Waals surface area contributed by atoms with Crippen molar-refractivity contribution in [2.45, 2.75) is 19.5 Å². The van der Waals surface area contributed by atoms with Gasteiger partial charge in [-0.2, -0.15) is 5.10 Å². The second-order valence-electron chi connectivity index (χ2n) is 4.80.